The lowest BCUT2D eigenvalue weighted by Gasteiger charge is -2.28. The van der Waals surface area contributed by atoms with Crippen molar-refractivity contribution in [2.75, 3.05) is 0 Å². The fraction of sp³-hybridized carbons (Fsp3) is 0.485. The summed E-state index contributed by atoms with van der Waals surface area (Å²) in [4.78, 5) is 56.0. The smallest absolute Gasteiger partial charge is 0.335 e. The van der Waals surface area contributed by atoms with Gasteiger partial charge in [0.1, 0.15) is 34.5 Å². The molecule has 6 rings (SSSR count). The highest BCUT2D eigenvalue weighted by molar-refractivity contribution is 5.88. The van der Waals surface area contributed by atoms with E-state index in [1.165, 1.54) is 6.08 Å². The van der Waals surface area contributed by atoms with Gasteiger partial charge in [0.05, 0.1) is 0 Å². The topological polar surface area (TPSA) is 277 Å². The van der Waals surface area contributed by atoms with Gasteiger partial charge in [-0.1, -0.05) is 332 Å². The zero-order valence-corrected chi connectivity index (χ0v) is 74.6. The van der Waals surface area contributed by atoms with Crippen LogP contribution in [0.5, 0.6) is 34.5 Å². The minimum absolute atomic E-state index is 0. The number of carboxylic acids is 4. The molecule has 628 valence electrons. The summed E-state index contributed by atoms with van der Waals surface area (Å²) in [6.07, 6.45) is 2.77. The number of aromatic hydroxyl groups is 5. The highest BCUT2D eigenvalue weighted by Gasteiger charge is 2.33. The number of carbonyl (C=O) groups is 5. The summed E-state index contributed by atoms with van der Waals surface area (Å²) in [5.74, 6) is -2.34. The number of hydrogen-bond acceptors (Lipinski definition) is 11. The normalized spacial score (nSPS) is 12.1. The van der Waals surface area contributed by atoms with Gasteiger partial charge in [-0.15, -0.1) is 0 Å². The molecule has 15 heteroatoms. The number of esters is 1. The van der Waals surface area contributed by atoms with E-state index in [4.69, 9.17) is 25.2 Å². The first-order chi connectivity index (χ1) is 50.6. The first-order valence-corrected chi connectivity index (χ1v) is 38.5. The highest BCUT2D eigenvalue weighted by Crippen LogP contribution is 2.46. The van der Waals surface area contributed by atoms with Gasteiger partial charge in [0.25, 0.3) is 0 Å². The summed E-state index contributed by atoms with van der Waals surface area (Å²) in [7, 11) is 0. The second-order valence-electron chi connectivity index (χ2n) is 40.4. The Morgan fingerprint density at radius 1 is 0.298 bits per heavy atom. The molecule has 0 bridgehead atoms. The monoisotopic (exact) mass is 1570 g/mol. The predicted molar refractivity (Wildman–Crippen MR) is 471 cm³/mol. The predicted octanol–water partition coefficient (Wildman–Crippen LogP) is 23.6. The number of aliphatic carboxylic acids is 4. The van der Waals surface area contributed by atoms with Gasteiger partial charge in [0.2, 0.25) is 0 Å². The number of benzene rings is 6. The van der Waals surface area contributed by atoms with Crippen LogP contribution >= 0.6 is 0 Å². The number of rotatable bonds is 16. The maximum absolute atomic E-state index is 12.1. The average Bonchev–Trinajstić information content (AvgIpc) is 0.802. The number of carboxylic acid groups (broad SMARTS) is 4. The number of phenolic OH excluding ortho intramolecular Hbond substituents is 5. The van der Waals surface area contributed by atoms with E-state index < -0.39 is 29.8 Å². The van der Waals surface area contributed by atoms with Crippen molar-refractivity contribution < 1.29 is 74.7 Å². The zero-order valence-electron chi connectivity index (χ0n) is 74.6. The minimum atomic E-state index is -0.988. The Morgan fingerprint density at radius 2 is 0.474 bits per heavy atom. The van der Waals surface area contributed by atoms with Crippen LogP contribution < -0.4 is 4.74 Å². The molecule has 114 heavy (non-hydrogen) atoms. The van der Waals surface area contributed by atoms with E-state index in [0.29, 0.717) is 40.9 Å². The van der Waals surface area contributed by atoms with Crippen LogP contribution in [0.1, 0.15) is 315 Å². The Labute approximate surface area is 684 Å². The van der Waals surface area contributed by atoms with Gasteiger partial charge in [-0.3, -0.25) is 0 Å². The number of ether oxygens (including phenoxy) is 1. The standard InChI is InChI=1S/C26H34O3.4C18H26O3.CH4/c1-10-22(27)29-24-19(12-17(3)14-21(24)26(7,8)9)15-18-11-16(2)13-20(23(18)28)25(4,5)6;4*1-11(16(20)21)8-12-9-13(17(2,3)4)15(19)14(10-12)18(5,6)7;/h10-14,28H,1,15H2,2-9H3;4*9-10,19H,1,8H2,2-7H3,(H,20,21);1H4. The SMILES string of the molecule is C.C=C(Cc1cc(C(C)(C)C)c(O)c(C(C)(C)C)c1)C(=O)O.C=C(Cc1cc(C(C)(C)C)c(O)c(C(C)(C)C)c1)C(=O)O.C=C(Cc1cc(C(C)(C)C)c(O)c(C(C)(C)C)c1)C(=O)O.C=C(Cc1cc(C(C)(C)C)c(O)c(C(C)(C)C)c1)C(=O)O.C=CC(=O)Oc1c(Cc2cc(C)cc(C(C)(C)C)c2O)cc(C)cc1C(C)(C)C. The molecule has 0 aromatic heterocycles. The molecule has 0 saturated heterocycles. The Bertz CT molecular complexity index is 3980. The summed E-state index contributed by atoms with van der Waals surface area (Å²) in [6, 6.07) is 23.2. The molecule has 0 aliphatic rings. The Morgan fingerprint density at radius 3 is 0.649 bits per heavy atom. The van der Waals surface area contributed by atoms with E-state index >= 15 is 0 Å². The summed E-state index contributed by atoms with van der Waals surface area (Å²) in [5, 5.41) is 89.4. The molecule has 6 aromatic rings. The molecule has 0 aliphatic carbocycles. The largest absolute Gasteiger partial charge is 0.507 e. The summed E-state index contributed by atoms with van der Waals surface area (Å²) < 4.78 is 5.71. The maximum Gasteiger partial charge on any atom is 0.335 e. The molecule has 0 aliphatic heterocycles. The van der Waals surface area contributed by atoms with Crippen LogP contribution in [0.3, 0.4) is 0 Å². The molecule has 9 N–H and O–H groups in total. The van der Waals surface area contributed by atoms with E-state index in [1.54, 1.807) is 0 Å². The number of phenols is 5. The second-order valence-corrected chi connectivity index (χ2v) is 40.4. The van der Waals surface area contributed by atoms with Crippen LogP contribution in [0.25, 0.3) is 0 Å². The van der Waals surface area contributed by atoms with E-state index in [0.717, 1.165) is 100 Å². The Kier molecular flexibility index (Phi) is 34.3. The third kappa shape index (κ3) is 29.6. The van der Waals surface area contributed by atoms with E-state index in [-0.39, 0.29) is 110 Å². The maximum atomic E-state index is 12.1. The highest BCUT2D eigenvalue weighted by atomic mass is 16.5. The van der Waals surface area contributed by atoms with Gasteiger partial charge in [-0.05, 0) is 151 Å². The molecule has 0 radical (unpaired) electrons. The number of hydrogen-bond donors (Lipinski definition) is 9. The lowest BCUT2D eigenvalue weighted by atomic mass is 9.78. The van der Waals surface area contributed by atoms with E-state index in [1.807, 2.05) is 247 Å². The van der Waals surface area contributed by atoms with Crippen molar-refractivity contribution in [1.82, 2.24) is 0 Å². The quantitative estimate of drug-likeness (QED) is 0.0248. The zero-order chi connectivity index (χ0) is 88.5. The van der Waals surface area contributed by atoms with Gasteiger partial charge < -0.3 is 50.7 Å². The first-order valence-electron chi connectivity index (χ1n) is 38.5. The lowest BCUT2D eigenvalue weighted by molar-refractivity contribution is -0.133. The van der Waals surface area contributed by atoms with Crippen molar-refractivity contribution in [3.63, 3.8) is 0 Å². The van der Waals surface area contributed by atoms with Crippen LogP contribution in [0, 0.1) is 13.8 Å². The van der Waals surface area contributed by atoms with Gasteiger partial charge in [-0.2, -0.15) is 0 Å². The van der Waals surface area contributed by atoms with Crippen LogP contribution in [0.15, 0.2) is 134 Å². The van der Waals surface area contributed by atoms with Crippen LogP contribution in [-0.2, 0) is 110 Å². The van der Waals surface area contributed by atoms with Crippen LogP contribution in [-0.4, -0.2) is 75.8 Å². The average molecular weight is 1570 g/mol. The second kappa shape index (κ2) is 38.2. The molecule has 0 spiro atoms. The Hall–Kier alpha value is -9.63. The number of aryl methyl sites for hydroxylation is 2. The van der Waals surface area contributed by atoms with Gasteiger partial charge >= 0.3 is 29.8 Å². The van der Waals surface area contributed by atoms with E-state index in [2.05, 4.69) is 80.5 Å². The molecular formula is C99H142O15. The fourth-order valence-electron chi connectivity index (χ4n) is 12.6. The fourth-order valence-corrected chi connectivity index (χ4v) is 12.6. The van der Waals surface area contributed by atoms with Crippen molar-refractivity contribution in [3.05, 3.63) is 234 Å². The summed E-state index contributed by atoms with van der Waals surface area (Å²) in [6.45, 7) is 83.3. The molecule has 6 aromatic carbocycles. The molecule has 15 nitrogen and oxygen atoms in total. The number of carbonyl (C=O) groups excluding carboxylic acids is 1. The summed E-state index contributed by atoms with van der Waals surface area (Å²) >= 11 is 0. The Balaban J connectivity index is 0.000000716. The van der Waals surface area contributed by atoms with Gasteiger partial charge in [0.15, 0.2) is 0 Å². The van der Waals surface area contributed by atoms with Crippen molar-refractivity contribution in [3.8, 4) is 34.5 Å². The molecular weight excluding hydrogens is 1430 g/mol. The minimum Gasteiger partial charge on any atom is -0.507 e. The van der Waals surface area contributed by atoms with Crippen molar-refractivity contribution in [1.29, 1.82) is 0 Å². The third-order valence-electron chi connectivity index (χ3n) is 19.0. The summed E-state index contributed by atoms with van der Waals surface area (Å²) in [5.41, 5.74) is 14.4. The van der Waals surface area contributed by atoms with E-state index in [9.17, 15) is 49.5 Å². The molecule has 0 fully saturated rings. The lowest BCUT2D eigenvalue weighted by Crippen LogP contribution is -2.18. The van der Waals surface area contributed by atoms with Crippen LogP contribution in [0.2, 0.25) is 0 Å². The van der Waals surface area contributed by atoms with Crippen LogP contribution in [0.4, 0.5) is 0 Å². The van der Waals surface area contributed by atoms with Crippen molar-refractivity contribution in [2.24, 2.45) is 0 Å². The first kappa shape index (κ1) is 102. The third-order valence-corrected chi connectivity index (χ3v) is 19.0. The van der Waals surface area contributed by atoms with Crippen molar-refractivity contribution in [2.45, 2.75) is 315 Å². The molecule has 0 saturated carbocycles. The molecule has 0 unspecified atom stereocenters. The van der Waals surface area contributed by atoms with Gasteiger partial charge in [-0.25, -0.2) is 24.0 Å². The molecule has 0 amide bonds. The molecule has 0 atom stereocenters. The molecule has 0 heterocycles. The van der Waals surface area contributed by atoms with Crippen molar-refractivity contribution >= 4 is 29.8 Å². The van der Waals surface area contributed by atoms with Gasteiger partial charge in [0, 0.05) is 66.0 Å².